The zero-order chi connectivity index (χ0) is 20.9. The van der Waals surface area contributed by atoms with Crippen LogP contribution in [0.5, 0.6) is 0 Å². The highest BCUT2D eigenvalue weighted by atomic mass is 16.6. The Morgan fingerprint density at radius 1 is 0.933 bits per heavy atom. The number of nitriles is 1. The predicted octanol–water partition coefficient (Wildman–Crippen LogP) is 6.14. The molecule has 1 aromatic heterocycles. The third-order valence-electron chi connectivity index (χ3n) is 4.51. The SMILES string of the molecule is N#Cc1c(N=Cc2cccc([N+](=O)[O-])c2)oc(-c2ccccc2)c1-c1ccccc1. The highest BCUT2D eigenvalue weighted by Gasteiger charge is 2.22. The summed E-state index contributed by atoms with van der Waals surface area (Å²) in [6.45, 7) is 0. The number of non-ortho nitro benzene ring substituents is 1. The molecule has 1 heterocycles. The van der Waals surface area contributed by atoms with Gasteiger partial charge in [-0.1, -0.05) is 72.8 Å². The lowest BCUT2D eigenvalue weighted by molar-refractivity contribution is -0.384. The van der Waals surface area contributed by atoms with Gasteiger partial charge in [0.25, 0.3) is 5.69 Å². The maximum atomic E-state index is 11.0. The van der Waals surface area contributed by atoms with E-state index >= 15 is 0 Å². The van der Waals surface area contributed by atoms with E-state index in [9.17, 15) is 15.4 Å². The number of hydrogen-bond acceptors (Lipinski definition) is 5. The zero-order valence-electron chi connectivity index (χ0n) is 15.7. The van der Waals surface area contributed by atoms with Crippen LogP contribution in [0.4, 0.5) is 11.6 Å². The van der Waals surface area contributed by atoms with Gasteiger partial charge in [-0.05, 0) is 11.1 Å². The van der Waals surface area contributed by atoms with Gasteiger partial charge in [-0.15, -0.1) is 0 Å². The molecule has 6 heteroatoms. The lowest BCUT2D eigenvalue weighted by atomic mass is 9.98. The van der Waals surface area contributed by atoms with Crippen LogP contribution in [0.1, 0.15) is 11.1 Å². The Morgan fingerprint density at radius 3 is 2.23 bits per heavy atom. The maximum absolute atomic E-state index is 11.0. The van der Waals surface area contributed by atoms with Gasteiger partial charge in [-0.3, -0.25) is 10.1 Å². The Bertz CT molecular complexity index is 1270. The van der Waals surface area contributed by atoms with Crippen LogP contribution in [-0.2, 0) is 0 Å². The van der Waals surface area contributed by atoms with Gasteiger partial charge in [0, 0.05) is 29.5 Å². The molecule has 0 atom stereocenters. The molecular weight excluding hydrogens is 378 g/mol. The summed E-state index contributed by atoms with van der Waals surface area (Å²) >= 11 is 0. The fourth-order valence-corrected chi connectivity index (χ4v) is 3.14. The van der Waals surface area contributed by atoms with E-state index in [0.29, 0.717) is 22.5 Å². The lowest BCUT2D eigenvalue weighted by Gasteiger charge is -2.03. The van der Waals surface area contributed by atoms with Crippen molar-refractivity contribution in [1.82, 2.24) is 0 Å². The Balaban J connectivity index is 1.85. The minimum Gasteiger partial charge on any atom is -0.436 e. The van der Waals surface area contributed by atoms with Crippen molar-refractivity contribution in [2.45, 2.75) is 0 Å². The van der Waals surface area contributed by atoms with E-state index in [4.69, 9.17) is 4.42 Å². The predicted molar refractivity (Wildman–Crippen MR) is 115 cm³/mol. The van der Waals surface area contributed by atoms with Gasteiger partial charge >= 0.3 is 0 Å². The van der Waals surface area contributed by atoms with Crippen molar-refractivity contribution < 1.29 is 9.34 Å². The van der Waals surface area contributed by atoms with Crippen LogP contribution in [0.2, 0.25) is 0 Å². The number of nitro benzene ring substituents is 1. The monoisotopic (exact) mass is 393 g/mol. The van der Waals surface area contributed by atoms with Crippen LogP contribution in [-0.4, -0.2) is 11.1 Å². The smallest absolute Gasteiger partial charge is 0.270 e. The average Bonchev–Trinajstić information content (AvgIpc) is 3.17. The molecule has 3 aromatic carbocycles. The molecule has 0 spiro atoms. The first-order valence-corrected chi connectivity index (χ1v) is 9.13. The molecule has 4 aromatic rings. The van der Waals surface area contributed by atoms with Gasteiger partial charge in [-0.2, -0.15) is 5.26 Å². The molecule has 0 unspecified atom stereocenters. The first kappa shape index (κ1) is 18.8. The van der Waals surface area contributed by atoms with Crippen molar-refractivity contribution >= 4 is 17.8 Å². The van der Waals surface area contributed by atoms with E-state index < -0.39 is 4.92 Å². The summed E-state index contributed by atoms with van der Waals surface area (Å²) in [6.07, 6.45) is 1.45. The third-order valence-corrected chi connectivity index (χ3v) is 4.51. The second-order valence-electron chi connectivity index (χ2n) is 6.44. The van der Waals surface area contributed by atoms with Crippen LogP contribution in [0, 0.1) is 21.4 Å². The fraction of sp³-hybridized carbons (Fsp3) is 0. The van der Waals surface area contributed by atoms with E-state index in [-0.39, 0.29) is 11.6 Å². The van der Waals surface area contributed by atoms with Gasteiger partial charge in [0.05, 0.1) is 4.92 Å². The van der Waals surface area contributed by atoms with E-state index in [2.05, 4.69) is 11.1 Å². The first-order chi connectivity index (χ1) is 14.7. The molecule has 30 heavy (non-hydrogen) atoms. The largest absolute Gasteiger partial charge is 0.436 e. The Kier molecular flexibility index (Phi) is 5.18. The van der Waals surface area contributed by atoms with Crippen LogP contribution in [0.15, 0.2) is 94.3 Å². The van der Waals surface area contributed by atoms with Crippen molar-refractivity contribution in [2.75, 3.05) is 0 Å². The second kappa shape index (κ2) is 8.25. The highest BCUT2D eigenvalue weighted by Crippen LogP contribution is 2.42. The second-order valence-corrected chi connectivity index (χ2v) is 6.44. The quantitative estimate of drug-likeness (QED) is 0.231. The summed E-state index contributed by atoms with van der Waals surface area (Å²) < 4.78 is 6.02. The van der Waals surface area contributed by atoms with E-state index in [1.54, 1.807) is 12.1 Å². The summed E-state index contributed by atoms with van der Waals surface area (Å²) in [6, 6.07) is 27.3. The van der Waals surface area contributed by atoms with Crippen LogP contribution < -0.4 is 0 Å². The number of aliphatic imine (C=N–C) groups is 1. The molecule has 0 saturated heterocycles. The molecule has 0 N–H and O–H groups in total. The fourth-order valence-electron chi connectivity index (χ4n) is 3.14. The summed E-state index contributed by atoms with van der Waals surface area (Å²) in [4.78, 5) is 14.9. The van der Waals surface area contributed by atoms with Gasteiger partial charge in [-0.25, -0.2) is 4.99 Å². The zero-order valence-corrected chi connectivity index (χ0v) is 15.7. The first-order valence-electron chi connectivity index (χ1n) is 9.13. The molecule has 0 amide bonds. The van der Waals surface area contributed by atoms with E-state index in [0.717, 1.165) is 11.1 Å². The Hall–Kier alpha value is -4.50. The minimum atomic E-state index is -0.466. The molecule has 0 saturated carbocycles. The van der Waals surface area contributed by atoms with Crippen molar-refractivity contribution in [3.05, 3.63) is 106 Å². The number of furan rings is 1. The van der Waals surface area contributed by atoms with Gasteiger partial charge in [0.15, 0.2) is 0 Å². The molecule has 0 bridgehead atoms. The van der Waals surface area contributed by atoms with Crippen LogP contribution >= 0.6 is 0 Å². The van der Waals surface area contributed by atoms with Crippen LogP contribution in [0.3, 0.4) is 0 Å². The number of hydrogen-bond donors (Lipinski definition) is 0. The minimum absolute atomic E-state index is 0.0335. The van der Waals surface area contributed by atoms with Crippen molar-refractivity contribution in [1.29, 1.82) is 5.26 Å². The summed E-state index contributed by atoms with van der Waals surface area (Å²) in [5, 5.41) is 20.9. The van der Waals surface area contributed by atoms with E-state index in [1.807, 2.05) is 60.7 Å². The molecule has 144 valence electrons. The van der Waals surface area contributed by atoms with Crippen molar-refractivity contribution in [2.24, 2.45) is 4.99 Å². The van der Waals surface area contributed by atoms with Crippen molar-refractivity contribution in [3.8, 4) is 28.5 Å². The molecular formula is C24H15N3O3. The topological polar surface area (TPSA) is 92.4 Å². The van der Waals surface area contributed by atoms with Crippen molar-refractivity contribution in [3.63, 3.8) is 0 Å². The van der Waals surface area contributed by atoms with Gasteiger partial charge in [0.2, 0.25) is 5.88 Å². The number of rotatable bonds is 5. The Labute approximate surface area is 172 Å². The molecule has 0 aliphatic carbocycles. The normalized spacial score (nSPS) is 10.8. The number of nitro groups is 1. The standard InChI is InChI=1S/C24H15N3O3/c25-15-21-22(18-9-3-1-4-10-18)23(19-11-5-2-6-12-19)30-24(21)26-16-17-8-7-13-20(14-17)27(28)29/h1-14,16H. The highest BCUT2D eigenvalue weighted by molar-refractivity contribution is 5.90. The lowest BCUT2D eigenvalue weighted by Crippen LogP contribution is -1.89. The summed E-state index contributed by atoms with van der Waals surface area (Å²) in [5.41, 5.74) is 3.14. The van der Waals surface area contributed by atoms with E-state index in [1.165, 1.54) is 18.3 Å². The molecule has 4 rings (SSSR count). The van der Waals surface area contributed by atoms with Gasteiger partial charge < -0.3 is 4.42 Å². The summed E-state index contributed by atoms with van der Waals surface area (Å²) in [5.74, 6) is 0.700. The third kappa shape index (κ3) is 3.73. The molecule has 0 aliphatic rings. The summed E-state index contributed by atoms with van der Waals surface area (Å²) in [7, 11) is 0. The number of nitrogens with zero attached hydrogens (tertiary/aromatic N) is 3. The van der Waals surface area contributed by atoms with Gasteiger partial charge in [0.1, 0.15) is 17.4 Å². The molecule has 0 fully saturated rings. The molecule has 6 nitrogen and oxygen atoms in total. The van der Waals surface area contributed by atoms with Crippen LogP contribution in [0.25, 0.3) is 22.5 Å². The molecule has 0 aliphatic heterocycles. The Morgan fingerprint density at radius 2 is 1.60 bits per heavy atom. The molecule has 0 radical (unpaired) electrons. The maximum Gasteiger partial charge on any atom is 0.270 e. The average molecular weight is 393 g/mol. The number of benzene rings is 3.